The van der Waals surface area contributed by atoms with Crippen LogP contribution in [0.3, 0.4) is 0 Å². The summed E-state index contributed by atoms with van der Waals surface area (Å²) >= 11 is 0. The van der Waals surface area contributed by atoms with Crippen molar-refractivity contribution >= 4 is 26.8 Å². The van der Waals surface area contributed by atoms with E-state index >= 15 is 0 Å². The highest BCUT2D eigenvalue weighted by atomic mass is 32.3. The number of hydrogen-bond donors (Lipinski definition) is 11. The fourth-order valence-corrected chi connectivity index (χ4v) is 8.57. The van der Waals surface area contributed by atoms with Gasteiger partial charge in [0.15, 0.2) is 31.3 Å². The summed E-state index contributed by atoms with van der Waals surface area (Å²) in [6.45, 7) is 1.38. The van der Waals surface area contributed by atoms with Crippen LogP contribution in [0.15, 0.2) is 30.3 Å². The molecule has 4 saturated heterocycles. The van der Waals surface area contributed by atoms with Crippen molar-refractivity contribution in [2.75, 3.05) is 33.4 Å². The Labute approximate surface area is 386 Å². The minimum atomic E-state index is -5.20. The SMILES string of the molecule is CNC1[C@@H](O[C@@H]2C(C(=O)O)O[C@@H](O[C@@H]3C(COS(=O)(=O)O)O[C@H](OCCCCCN)C(C)[C@H]3O)C(O)[C@H]2O)OC(COS(=O)(=O)O)[C@@H](O[C@@H]2OC(C)[C@@H](O)[C@@H](OCc3ccccc3)C2O)[C@@H]1O. The van der Waals surface area contributed by atoms with Gasteiger partial charge in [0.1, 0.15) is 67.1 Å². The van der Waals surface area contributed by atoms with Crippen LogP contribution in [0, 0.1) is 5.92 Å². The second kappa shape index (κ2) is 24.7. The van der Waals surface area contributed by atoms with Crippen molar-refractivity contribution in [3.05, 3.63) is 35.9 Å². The molecule has 0 saturated carbocycles. The predicted octanol–water partition coefficient (Wildman–Crippen LogP) is -4.09. The van der Waals surface area contributed by atoms with Crippen molar-refractivity contribution in [3.8, 4) is 0 Å². The van der Waals surface area contributed by atoms with Crippen LogP contribution >= 0.6 is 0 Å². The zero-order chi connectivity index (χ0) is 49.4. The maximum atomic E-state index is 12.7. The second-order valence-corrected chi connectivity index (χ2v) is 18.6. The number of benzene rings is 1. The van der Waals surface area contributed by atoms with E-state index in [0.717, 1.165) is 0 Å². The second-order valence-electron chi connectivity index (χ2n) is 16.4. The number of rotatable bonds is 23. The average molecular weight is 1010 g/mol. The van der Waals surface area contributed by atoms with Crippen LogP contribution in [0.2, 0.25) is 0 Å². The van der Waals surface area contributed by atoms with Gasteiger partial charge in [-0.3, -0.25) is 9.11 Å². The van der Waals surface area contributed by atoms with Crippen molar-refractivity contribution in [2.24, 2.45) is 11.7 Å². The summed E-state index contributed by atoms with van der Waals surface area (Å²) in [5.41, 5.74) is 6.22. The fraction of sp³-hybridized carbons (Fsp3) is 0.816. The number of carboxylic acid groups (broad SMARTS) is 1. The Bertz CT molecular complexity index is 1910. The maximum absolute atomic E-state index is 12.7. The van der Waals surface area contributed by atoms with Gasteiger partial charge in [0.25, 0.3) is 0 Å². The molecule has 0 bridgehead atoms. The third-order valence-corrected chi connectivity index (χ3v) is 12.5. The molecule has 4 heterocycles. The largest absolute Gasteiger partial charge is 0.479 e. The zero-order valence-corrected chi connectivity index (χ0v) is 38.2. The molecule has 67 heavy (non-hydrogen) atoms. The smallest absolute Gasteiger partial charge is 0.397 e. The standard InChI is InChI=1S/C38H62N2O25S2/c1-17-23(41)29(20(15-57-66(49,50)51)60-35(17)55-13-9-5-8-12-39)62-37-27(45)26(44)32(33(65-37)34(47)48)64-36-22(40-3)25(43)30(21(61-36)16-58-67(52,53)54)63-38-28(46)31(24(42)18(2)59-38)56-14-19-10-6-4-7-11-19/h4,6-7,10-11,17-18,20-33,35-38,40-46H,5,8-9,12-16,39H2,1-3H3,(H,47,48)(H,49,50,51)(H,52,53,54)/t17?,18?,20?,21?,22?,23-,24-,25-,26-,27?,28?,29-,30-,31-,32+,33?,35+,36-,37-,38+/m1/s1. The van der Waals surface area contributed by atoms with Gasteiger partial charge < -0.3 is 89.4 Å². The molecule has 0 amide bonds. The molecule has 29 heteroatoms. The van der Waals surface area contributed by atoms with Gasteiger partial charge in [0.2, 0.25) is 0 Å². The number of aliphatic hydroxyl groups excluding tert-OH is 6. The monoisotopic (exact) mass is 1010 g/mol. The third-order valence-electron chi connectivity index (χ3n) is 11.6. The Kier molecular flexibility index (Phi) is 20.5. The molecule has 8 unspecified atom stereocenters. The lowest BCUT2D eigenvalue weighted by molar-refractivity contribution is -0.374. The van der Waals surface area contributed by atoms with E-state index in [-0.39, 0.29) is 13.2 Å². The molecule has 12 N–H and O–H groups in total. The van der Waals surface area contributed by atoms with Crippen LogP contribution in [0.5, 0.6) is 0 Å². The molecule has 20 atom stereocenters. The van der Waals surface area contributed by atoms with Gasteiger partial charge in [0.05, 0.1) is 38.1 Å². The van der Waals surface area contributed by atoms with Crippen molar-refractivity contribution in [3.63, 3.8) is 0 Å². The summed E-state index contributed by atoms with van der Waals surface area (Å²) in [6.07, 6.45) is -29.5. The lowest BCUT2D eigenvalue weighted by Crippen LogP contribution is -2.69. The van der Waals surface area contributed by atoms with E-state index in [1.165, 1.54) is 20.9 Å². The minimum absolute atomic E-state index is 0.0510. The average Bonchev–Trinajstić information content (AvgIpc) is 3.26. The van der Waals surface area contributed by atoms with Gasteiger partial charge >= 0.3 is 26.8 Å². The molecule has 1 aromatic rings. The summed E-state index contributed by atoms with van der Waals surface area (Å²) < 4.78 is 126. The van der Waals surface area contributed by atoms with E-state index in [0.29, 0.717) is 31.4 Å². The van der Waals surface area contributed by atoms with Crippen molar-refractivity contribution in [1.82, 2.24) is 5.32 Å². The molecule has 1 aromatic carbocycles. The quantitative estimate of drug-likeness (QED) is 0.0367. The Balaban J connectivity index is 1.33. The van der Waals surface area contributed by atoms with Gasteiger partial charge in [-0.25, -0.2) is 13.2 Å². The van der Waals surface area contributed by atoms with Crippen molar-refractivity contribution < 1.29 is 117 Å². The fourth-order valence-electron chi connectivity index (χ4n) is 7.96. The van der Waals surface area contributed by atoms with Crippen LogP contribution in [0.25, 0.3) is 0 Å². The van der Waals surface area contributed by atoms with E-state index < -0.39 is 163 Å². The molecule has 386 valence electrons. The Morgan fingerprint density at radius 3 is 1.79 bits per heavy atom. The summed E-state index contributed by atoms with van der Waals surface area (Å²) in [4.78, 5) is 12.7. The highest BCUT2D eigenvalue weighted by Gasteiger charge is 2.56. The highest BCUT2D eigenvalue weighted by molar-refractivity contribution is 7.81. The number of nitrogens with two attached hydrogens (primary N) is 1. The number of nitrogens with one attached hydrogen (secondary N) is 1. The number of aliphatic hydroxyl groups is 6. The normalized spacial score (nSPS) is 39.8. The number of aliphatic carboxylic acids is 1. The summed E-state index contributed by atoms with van der Waals surface area (Å²) in [5, 5.41) is 81.0. The van der Waals surface area contributed by atoms with E-state index in [2.05, 4.69) is 13.7 Å². The lowest BCUT2D eigenvalue weighted by Gasteiger charge is -2.49. The molecular formula is C38H62N2O25S2. The predicted molar refractivity (Wildman–Crippen MR) is 220 cm³/mol. The summed E-state index contributed by atoms with van der Waals surface area (Å²) in [6, 6.07) is 7.28. The maximum Gasteiger partial charge on any atom is 0.397 e. The molecule has 27 nitrogen and oxygen atoms in total. The van der Waals surface area contributed by atoms with E-state index in [1.54, 1.807) is 30.3 Å². The van der Waals surface area contributed by atoms with Crippen LogP contribution in [-0.4, -0.2) is 218 Å². The van der Waals surface area contributed by atoms with Gasteiger partial charge in [0, 0.05) is 12.5 Å². The van der Waals surface area contributed by atoms with Crippen LogP contribution < -0.4 is 11.1 Å². The molecule has 4 aliphatic rings. The molecular weight excluding hydrogens is 949 g/mol. The number of carbonyl (C=O) groups is 1. The van der Waals surface area contributed by atoms with Gasteiger partial charge in [-0.2, -0.15) is 16.8 Å². The number of unbranched alkanes of at least 4 members (excludes halogenated alkanes) is 2. The number of ether oxygens (including phenoxy) is 9. The zero-order valence-electron chi connectivity index (χ0n) is 36.5. The van der Waals surface area contributed by atoms with Gasteiger partial charge in [-0.1, -0.05) is 37.3 Å². The first-order valence-corrected chi connectivity index (χ1v) is 24.1. The van der Waals surface area contributed by atoms with Gasteiger partial charge in [-0.05, 0) is 45.3 Å². The molecule has 5 rings (SSSR count). The number of hydrogen-bond acceptors (Lipinski definition) is 24. The highest BCUT2D eigenvalue weighted by Crippen LogP contribution is 2.36. The topological polar surface area (TPSA) is 407 Å². The van der Waals surface area contributed by atoms with Gasteiger partial charge in [-0.15, -0.1) is 0 Å². The molecule has 4 fully saturated rings. The lowest BCUT2D eigenvalue weighted by atomic mass is 9.91. The third kappa shape index (κ3) is 14.9. The van der Waals surface area contributed by atoms with Crippen LogP contribution in [-0.2, 0) is 83.2 Å². The number of likely N-dealkylation sites (N-methyl/N-ethyl adjacent to an activating group) is 1. The Morgan fingerprint density at radius 2 is 1.22 bits per heavy atom. The number of carboxylic acids is 1. The minimum Gasteiger partial charge on any atom is -0.479 e. The molecule has 0 aliphatic carbocycles. The van der Waals surface area contributed by atoms with Crippen molar-refractivity contribution in [2.45, 2.75) is 156 Å². The molecule has 0 spiro atoms. The summed E-state index contributed by atoms with van der Waals surface area (Å²) in [5.74, 6) is -2.74. The van der Waals surface area contributed by atoms with E-state index in [4.69, 9.17) is 48.4 Å². The molecule has 4 aliphatic heterocycles. The van der Waals surface area contributed by atoms with Crippen LogP contribution in [0.4, 0.5) is 0 Å². The van der Waals surface area contributed by atoms with E-state index in [1.807, 2.05) is 0 Å². The first-order chi connectivity index (χ1) is 31.5. The Morgan fingerprint density at radius 1 is 0.657 bits per heavy atom. The first kappa shape index (κ1) is 55.7. The summed E-state index contributed by atoms with van der Waals surface area (Å²) in [7, 11) is -8.99. The van der Waals surface area contributed by atoms with E-state index in [9.17, 15) is 66.5 Å². The van der Waals surface area contributed by atoms with Crippen LogP contribution in [0.1, 0.15) is 38.7 Å². The molecule has 0 aromatic heterocycles. The Hall–Kier alpha value is -2.25. The molecule has 0 radical (unpaired) electrons. The first-order valence-electron chi connectivity index (χ1n) is 21.3. The van der Waals surface area contributed by atoms with Crippen molar-refractivity contribution in [1.29, 1.82) is 0 Å².